The van der Waals surface area contributed by atoms with Crippen LogP contribution in [-0.4, -0.2) is 52.7 Å². The molecule has 1 aromatic carbocycles. The van der Waals surface area contributed by atoms with Crippen molar-refractivity contribution in [2.75, 3.05) is 20.2 Å². The van der Waals surface area contributed by atoms with Gasteiger partial charge < -0.3 is 24.6 Å². The summed E-state index contributed by atoms with van der Waals surface area (Å²) in [6.45, 7) is 2.47. The van der Waals surface area contributed by atoms with Gasteiger partial charge in [-0.1, -0.05) is 6.07 Å². The number of benzene rings is 1. The van der Waals surface area contributed by atoms with Crippen LogP contribution in [-0.2, 0) is 16.8 Å². The van der Waals surface area contributed by atoms with Crippen LogP contribution < -0.4 is 10.7 Å². The Kier molecular flexibility index (Phi) is 6.80. The number of ether oxygens (including phenoxy) is 1. The lowest BCUT2D eigenvalue weighted by molar-refractivity contribution is -0.0825. The first-order valence-electron chi connectivity index (χ1n) is 10.2. The minimum Gasteiger partial charge on any atom is -0.503 e. The highest BCUT2D eigenvalue weighted by Gasteiger charge is 2.52. The fourth-order valence-electron chi connectivity index (χ4n) is 4.51. The van der Waals surface area contributed by atoms with Gasteiger partial charge in [-0.3, -0.25) is 14.4 Å². The summed E-state index contributed by atoms with van der Waals surface area (Å²) in [5, 5.41) is 13.0. The monoisotopic (exact) mass is 483 g/mol. The number of nitrogens with zero attached hydrogens (tertiary/aromatic N) is 2. The summed E-state index contributed by atoms with van der Waals surface area (Å²) in [4.78, 5) is 39.6. The number of nitrogens with one attached hydrogen (secondary N) is 1. The highest BCUT2D eigenvalue weighted by molar-refractivity contribution is 5.99. The number of aromatic hydroxyl groups is 1. The summed E-state index contributed by atoms with van der Waals surface area (Å²) in [6, 6.07) is 2.94. The van der Waals surface area contributed by atoms with Gasteiger partial charge in [-0.25, -0.2) is 8.78 Å². The molecule has 1 spiro atoms. The number of amides is 2. The Hall–Kier alpha value is -2.98. The molecule has 2 aromatic rings. The van der Waals surface area contributed by atoms with Crippen LogP contribution in [0.5, 0.6) is 5.75 Å². The molecule has 2 aliphatic rings. The van der Waals surface area contributed by atoms with E-state index >= 15 is 0 Å². The number of aromatic nitrogens is 1. The number of hydrogen-bond acceptors (Lipinski definition) is 5. The van der Waals surface area contributed by atoms with Gasteiger partial charge in [-0.05, 0) is 25.8 Å². The third-order valence-electron chi connectivity index (χ3n) is 6.09. The number of carbonyl (C=O) groups is 2. The Morgan fingerprint density at radius 1 is 1.30 bits per heavy atom. The third kappa shape index (κ3) is 4.20. The fourth-order valence-corrected chi connectivity index (χ4v) is 4.51. The predicted octanol–water partition coefficient (Wildman–Crippen LogP) is 2.16. The summed E-state index contributed by atoms with van der Waals surface area (Å²) in [5.74, 6) is -3.75. The quantitative estimate of drug-likeness (QED) is 0.679. The molecule has 0 saturated heterocycles. The maximum absolute atomic E-state index is 13.9. The summed E-state index contributed by atoms with van der Waals surface area (Å²) in [6.07, 6.45) is 2.35. The first-order valence-corrected chi connectivity index (χ1v) is 10.2. The number of fused-ring (bicyclic) bond motifs is 2. The lowest BCUT2D eigenvalue weighted by Crippen LogP contribution is -2.61. The Morgan fingerprint density at radius 3 is 2.64 bits per heavy atom. The van der Waals surface area contributed by atoms with Crippen molar-refractivity contribution in [3.8, 4) is 5.75 Å². The smallest absolute Gasteiger partial charge is 0.274 e. The van der Waals surface area contributed by atoms with Crippen molar-refractivity contribution in [3.63, 3.8) is 0 Å². The van der Waals surface area contributed by atoms with E-state index in [-0.39, 0.29) is 41.9 Å². The summed E-state index contributed by atoms with van der Waals surface area (Å²) >= 11 is 0. The fraction of sp³-hybridized carbons (Fsp3) is 0.409. The number of carbonyl (C=O) groups excluding carboxylic acids is 2. The molecule has 0 bridgehead atoms. The van der Waals surface area contributed by atoms with Gasteiger partial charge in [-0.15, -0.1) is 12.4 Å². The molecular weight excluding hydrogens is 460 g/mol. The Bertz CT molecular complexity index is 1160. The molecule has 0 unspecified atom stereocenters. The zero-order chi connectivity index (χ0) is 23.2. The molecular formula is C22H24ClF2N3O5. The van der Waals surface area contributed by atoms with E-state index < -0.39 is 40.2 Å². The van der Waals surface area contributed by atoms with Crippen LogP contribution >= 0.6 is 12.4 Å². The number of rotatable bonds is 5. The molecule has 0 radical (unpaired) electrons. The second-order valence-corrected chi connectivity index (χ2v) is 8.23. The summed E-state index contributed by atoms with van der Waals surface area (Å²) in [7, 11) is 1.59. The van der Waals surface area contributed by atoms with Crippen LogP contribution in [0.1, 0.15) is 46.2 Å². The van der Waals surface area contributed by atoms with Crippen molar-refractivity contribution in [3.05, 3.63) is 63.1 Å². The zero-order valence-corrected chi connectivity index (χ0v) is 18.9. The number of pyridine rings is 1. The lowest BCUT2D eigenvalue weighted by atomic mass is 9.72. The lowest BCUT2D eigenvalue weighted by Gasteiger charge is -2.53. The molecule has 0 atom stereocenters. The summed E-state index contributed by atoms with van der Waals surface area (Å²) < 4.78 is 34.1. The molecule has 4 rings (SSSR count). The Labute approximate surface area is 194 Å². The molecule has 33 heavy (non-hydrogen) atoms. The molecule has 11 heteroatoms. The van der Waals surface area contributed by atoms with Crippen LogP contribution in [0, 0.1) is 11.6 Å². The van der Waals surface area contributed by atoms with Crippen LogP contribution in [0.3, 0.4) is 0 Å². The highest BCUT2D eigenvalue weighted by Crippen LogP contribution is 2.45. The maximum atomic E-state index is 13.9. The SMILES string of the molecule is CCOC1CC2(C1)CN(C)C(=O)c1c(O)c(=O)c(C(=O)NCc3ccc(F)cc3F)cn12.Cl. The van der Waals surface area contributed by atoms with E-state index in [2.05, 4.69) is 5.32 Å². The van der Waals surface area contributed by atoms with Crippen molar-refractivity contribution in [2.45, 2.75) is 38.0 Å². The van der Waals surface area contributed by atoms with E-state index in [9.17, 15) is 28.3 Å². The van der Waals surface area contributed by atoms with Gasteiger partial charge in [0, 0.05) is 44.6 Å². The molecule has 2 amide bonds. The minimum atomic E-state index is -0.993. The standard InChI is InChI=1S/C22H23F2N3O5.ClH/c1-3-32-14-7-22(8-14)11-26(2)21(31)17-19(29)18(28)15(10-27(17)22)20(30)25-9-12-4-5-13(23)6-16(12)24;/h4-6,10,14,29H,3,7-9,11H2,1-2H3,(H,25,30);1H. The van der Waals surface area contributed by atoms with Crippen molar-refractivity contribution >= 4 is 24.2 Å². The third-order valence-corrected chi connectivity index (χ3v) is 6.09. The molecule has 2 heterocycles. The Balaban J connectivity index is 0.00000306. The number of likely N-dealkylation sites (N-methyl/N-ethyl adjacent to an activating group) is 1. The van der Waals surface area contributed by atoms with E-state index in [1.165, 1.54) is 21.7 Å². The molecule has 178 valence electrons. The molecule has 1 aromatic heterocycles. The first kappa shape index (κ1) is 24.7. The second kappa shape index (κ2) is 9.11. The molecule has 1 saturated carbocycles. The highest BCUT2D eigenvalue weighted by atomic mass is 35.5. The molecule has 1 aliphatic heterocycles. The minimum absolute atomic E-state index is 0. The van der Waals surface area contributed by atoms with Crippen LogP contribution in [0.4, 0.5) is 8.78 Å². The number of hydrogen-bond donors (Lipinski definition) is 2. The van der Waals surface area contributed by atoms with Gasteiger partial charge in [0.25, 0.3) is 11.8 Å². The van der Waals surface area contributed by atoms with Crippen molar-refractivity contribution in [1.82, 2.24) is 14.8 Å². The first-order chi connectivity index (χ1) is 15.2. The van der Waals surface area contributed by atoms with E-state index in [1.54, 1.807) is 7.05 Å². The molecule has 2 N–H and O–H groups in total. The second-order valence-electron chi connectivity index (χ2n) is 8.23. The van der Waals surface area contributed by atoms with Gasteiger partial charge in [0.2, 0.25) is 5.43 Å². The average Bonchev–Trinajstić information content (AvgIpc) is 2.71. The normalized spacial score (nSPS) is 21.3. The van der Waals surface area contributed by atoms with E-state index in [4.69, 9.17) is 4.74 Å². The largest absolute Gasteiger partial charge is 0.503 e. The molecule has 1 aliphatic carbocycles. The van der Waals surface area contributed by atoms with E-state index in [1.807, 2.05) is 6.92 Å². The topological polar surface area (TPSA) is 101 Å². The van der Waals surface area contributed by atoms with E-state index in [0.29, 0.717) is 32.1 Å². The zero-order valence-electron chi connectivity index (χ0n) is 18.1. The maximum Gasteiger partial charge on any atom is 0.274 e. The van der Waals surface area contributed by atoms with Gasteiger partial charge in [-0.2, -0.15) is 0 Å². The van der Waals surface area contributed by atoms with Crippen molar-refractivity contribution in [2.24, 2.45) is 0 Å². The molecule has 1 fully saturated rings. The van der Waals surface area contributed by atoms with Gasteiger partial charge in [0.1, 0.15) is 17.2 Å². The predicted molar refractivity (Wildman–Crippen MR) is 117 cm³/mol. The van der Waals surface area contributed by atoms with Gasteiger partial charge in [0.05, 0.1) is 11.6 Å². The average molecular weight is 484 g/mol. The van der Waals surface area contributed by atoms with Gasteiger partial charge >= 0.3 is 0 Å². The van der Waals surface area contributed by atoms with Crippen LogP contribution in [0.25, 0.3) is 0 Å². The molecule has 8 nitrogen and oxygen atoms in total. The Morgan fingerprint density at radius 2 is 2.00 bits per heavy atom. The summed E-state index contributed by atoms with van der Waals surface area (Å²) in [5.41, 5.74) is -2.10. The number of halogens is 3. The van der Waals surface area contributed by atoms with E-state index in [0.717, 1.165) is 6.07 Å². The van der Waals surface area contributed by atoms with Gasteiger partial charge in [0.15, 0.2) is 11.4 Å². The van der Waals surface area contributed by atoms with Crippen LogP contribution in [0.15, 0.2) is 29.2 Å². The van der Waals surface area contributed by atoms with Crippen molar-refractivity contribution in [1.29, 1.82) is 0 Å². The van der Waals surface area contributed by atoms with Crippen LogP contribution in [0.2, 0.25) is 0 Å². The van der Waals surface area contributed by atoms with Crippen molar-refractivity contribution < 1.29 is 28.2 Å².